The molecule has 7 nitrogen and oxygen atoms in total. The minimum atomic E-state index is -0.672. The summed E-state index contributed by atoms with van der Waals surface area (Å²) in [7, 11) is 0. The molecule has 0 aliphatic carbocycles. The zero-order valence-electron chi connectivity index (χ0n) is 14.9. The smallest absolute Gasteiger partial charge is 0.269 e. The summed E-state index contributed by atoms with van der Waals surface area (Å²) < 4.78 is 6.68. The number of amides is 1. The highest BCUT2D eigenvalue weighted by atomic mass is 35.5. The molecular formula is C20H19ClN4O3. The fourth-order valence-electron chi connectivity index (χ4n) is 2.61. The Morgan fingerprint density at radius 1 is 1.14 bits per heavy atom. The van der Waals surface area contributed by atoms with Crippen molar-refractivity contribution in [3.63, 3.8) is 0 Å². The monoisotopic (exact) mass is 398 g/mol. The van der Waals surface area contributed by atoms with Gasteiger partial charge in [0, 0.05) is 30.0 Å². The zero-order valence-corrected chi connectivity index (χ0v) is 15.7. The first kappa shape index (κ1) is 19.8. The van der Waals surface area contributed by atoms with Crippen molar-refractivity contribution in [2.24, 2.45) is 5.73 Å². The van der Waals surface area contributed by atoms with Crippen LogP contribution in [0, 0.1) is 0 Å². The molecule has 0 unspecified atom stereocenters. The largest absolute Gasteiger partial charge is 0.439 e. The Hall–Kier alpha value is -3.00. The number of ether oxygens (including phenoxy) is 1. The summed E-state index contributed by atoms with van der Waals surface area (Å²) in [4.78, 5) is 20.8. The topological polar surface area (TPSA) is 102 Å². The highest BCUT2D eigenvalue weighted by Gasteiger charge is 2.24. The van der Waals surface area contributed by atoms with Crippen LogP contribution in [0.1, 0.15) is 27.7 Å². The van der Waals surface area contributed by atoms with E-state index in [1.54, 1.807) is 42.5 Å². The molecule has 2 aromatic carbocycles. The number of nitrogens with zero attached hydrogens (tertiary/aromatic N) is 3. The molecule has 28 heavy (non-hydrogen) atoms. The van der Waals surface area contributed by atoms with Crippen LogP contribution < -0.4 is 10.5 Å². The van der Waals surface area contributed by atoms with Crippen LogP contribution in [-0.2, 0) is 6.54 Å². The maximum atomic E-state index is 12.8. The summed E-state index contributed by atoms with van der Waals surface area (Å²) in [5.74, 6) is 0.276. The summed E-state index contributed by atoms with van der Waals surface area (Å²) in [6.45, 7) is -0.0428. The van der Waals surface area contributed by atoms with Gasteiger partial charge in [-0.1, -0.05) is 36.4 Å². The first-order valence-electron chi connectivity index (χ1n) is 8.56. The van der Waals surface area contributed by atoms with Gasteiger partial charge < -0.3 is 15.6 Å². The maximum Gasteiger partial charge on any atom is 0.269 e. The normalized spacial score (nSPS) is 11.7. The van der Waals surface area contributed by atoms with Crippen LogP contribution in [0.4, 0.5) is 0 Å². The second kappa shape index (κ2) is 9.27. The van der Waals surface area contributed by atoms with Crippen LogP contribution in [0.3, 0.4) is 0 Å². The van der Waals surface area contributed by atoms with E-state index in [4.69, 9.17) is 22.2 Å². The molecule has 0 aliphatic heterocycles. The van der Waals surface area contributed by atoms with Gasteiger partial charge in [-0.15, -0.1) is 0 Å². The molecule has 1 heterocycles. The first-order chi connectivity index (χ1) is 13.6. The Labute approximate surface area is 167 Å². The van der Waals surface area contributed by atoms with Crippen molar-refractivity contribution in [1.82, 2.24) is 14.4 Å². The average Bonchev–Trinajstić information content (AvgIpc) is 2.74. The molecular weight excluding hydrogens is 380 g/mol. The Morgan fingerprint density at radius 3 is 2.64 bits per heavy atom. The third kappa shape index (κ3) is 4.64. The molecule has 0 bridgehead atoms. The van der Waals surface area contributed by atoms with Gasteiger partial charge in [-0.2, -0.15) is 0 Å². The minimum Gasteiger partial charge on any atom is -0.439 e. The van der Waals surface area contributed by atoms with Crippen LogP contribution in [0.5, 0.6) is 11.6 Å². The number of nitrogens with two attached hydrogens (primary N) is 1. The summed E-state index contributed by atoms with van der Waals surface area (Å²) in [6, 6.07) is 16.6. The van der Waals surface area contributed by atoms with Gasteiger partial charge >= 0.3 is 0 Å². The molecule has 0 saturated carbocycles. The number of carbonyl (C=O) groups is 1. The van der Waals surface area contributed by atoms with Crippen molar-refractivity contribution in [3.05, 3.63) is 83.8 Å². The lowest BCUT2D eigenvalue weighted by Gasteiger charge is -2.24. The van der Waals surface area contributed by atoms with Crippen LogP contribution in [-0.4, -0.2) is 32.0 Å². The molecule has 1 atom stereocenters. The van der Waals surface area contributed by atoms with Crippen LogP contribution in [0.15, 0.2) is 67.0 Å². The number of halogens is 1. The van der Waals surface area contributed by atoms with E-state index in [-0.39, 0.29) is 13.2 Å². The van der Waals surface area contributed by atoms with E-state index in [0.29, 0.717) is 22.9 Å². The van der Waals surface area contributed by atoms with E-state index < -0.39 is 11.9 Å². The summed E-state index contributed by atoms with van der Waals surface area (Å²) in [6.07, 6.45) is 1.36. The van der Waals surface area contributed by atoms with Gasteiger partial charge in [0.15, 0.2) is 0 Å². The number of hydrogen-bond acceptors (Lipinski definition) is 6. The van der Waals surface area contributed by atoms with E-state index in [1.165, 1.54) is 6.33 Å². The van der Waals surface area contributed by atoms with E-state index >= 15 is 0 Å². The summed E-state index contributed by atoms with van der Waals surface area (Å²) in [5.41, 5.74) is 7.25. The Bertz CT molecular complexity index is 939. The number of hydrogen-bond donors (Lipinski definition) is 2. The number of rotatable bonds is 7. The van der Waals surface area contributed by atoms with Gasteiger partial charge in [0.1, 0.15) is 12.1 Å². The standard InChI is InChI=1S/C20H19ClN4O3/c21-25(18(12-26)14-5-2-1-3-6-14)20(27)15-7-4-8-17(9-15)28-19-10-16(11-22)23-13-24-19/h1-10,13,18,26H,11-12,22H2/t18-/m0/s1. The first-order valence-corrected chi connectivity index (χ1v) is 8.90. The Balaban J connectivity index is 1.79. The fraction of sp³-hybridized carbons (Fsp3) is 0.150. The predicted molar refractivity (Wildman–Crippen MR) is 105 cm³/mol. The van der Waals surface area contributed by atoms with Gasteiger partial charge in [-0.05, 0) is 23.8 Å². The van der Waals surface area contributed by atoms with Gasteiger partial charge in [0.05, 0.1) is 18.3 Å². The van der Waals surface area contributed by atoms with Crippen LogP contribution in [0.25, 0.3) is 0 Å². The third-order valence-electron chi connectivity index (χ3n) is 4.04. The number of aliphatic hydroxyl groups excluding tert-OH is 1. The van der Waals surface area contributed by atoms with Crippen molar-refractivity contribution in [1.29, 1.82) is 0 Å². The average molecular weight is 399 g/mol. The number of aliphatic hydroxyl groups is 1. The van der Waals surface area contributed by atoms with Crippen molar-refractivity contribution in [2.45, 2.75) is 12.6 Å². The third-order valence-corrected chi connectivity index (χ3v) is 4.43. The van der Waals surface area contributed by atoms with Crippen molar-refractivity contribution >= 4 is 17.7 Å². The molecule has 8 heteroatoms. The van der Waals surface area contributed by atoms with Crippen LogP contribution >= 0.6 is 11.8 Å². The number of benzene rings is 2. The zero-order chi connectivity index (χ0) is 19.9. The highest BCUT2D eigenvalue weighted by Crippen LogP contribution is 2.26. The van der Waals surface area contributed by atoms with Gasteiger partial charge in [-0.3, -0.25) is 4.79 Å². The predicted octanol–water partition coefficient (Wildman–Crippen LogP) is 3.06. The molecule has 1 amide bonds. The van der Waals surface area contributed by atoms with Crippen LogP contribution in [0.2, 0.25) is 0 Å². The summed E-state index contributed by atoms with van der Waals surface area (Å²) >= 11 is 6.27. The summed E-state index contributed by atoms with van der Waals surface area (Å²) in [5, 5.41) is 9.72. The molecule has 3 aromatic rings. The molecule has 0 fully saturated rings. The molecule has 0 radical (unpaired) electrons. The Morgan fingerprint density at radius 2 is 1.93 bits per heavy atom. The van der Waals surface area contributed by atoms with Crippen molar-refractivity contribution < 1.29 is 14.6 Å². The van der Waals surface area contributed by atoms with Gasteiger partial charge in [0.2, 0.25) is 5.88 Å². The lowest BCUT2D eigenvalue weighted by Crippen LogP contribution is -2.29. The molecule has 0 saturated heterocycles. The molecule has 3 rings (SSSR count). The van der Waals surface area contributed by atoms with E-state index in [2.05, 4.69) is 9.97 Å². The lowest BCUT2D eigenvalue weighted by molar-refractivity contribution is 0.0775. The second-order valence-corrected chi connectivity index (χ2v) is 6.27. The van der Waals surface area contributed by atoms with Gasteiger partial charge in [0.25, 0.3) is 5.91 Å². The molecule has 144 valence electrons. The highest BCUT2D eigenvalue weighted by molar-refractivity contribution is 6.24. The van der Waals surface area contributed by atoms with E-state index in [0.717, 1.165) is 9.98 Å². The van der Waals surface area contributed by atoms with Gasteiger partial charge in [-0.25, -0.2) is 14.4 Å². The van der Waals surface area contributed by atoms with Crippen molar-refractivity contribution in [3.8, 4) is 11.6 Å². The SMILES string of the molecule is NCc1cc(Oc2cccc(C(=O)N(Cl)[C@@H](CO)c3ccccc3)c2)ncn1. The second-order valence-electron chi connectivity index (χ2n) is 5.91. The van der Waals surface area contributed by atoms with Crippen molar-refractivity contribution in [2.75, 3.05) is 6.61 Å². The minimum absolute atomic E-state index is 0.265. The number of carbonyl (C=O) groups excluding carboxylic acids is 1. The molecule has 0 aliphatic rings. The van der Waals surface area contributed by atoms with E-state index in [9.17, 15) is 9.90 Å². The quantitative estimate of drug-likeness (QED) is 0.593. The molecule has 0 spiro atoms. The number of aromatic nitrogens is 2. The van der Waals surface area contributed by atoms with E-state index in [1.807, 2.05) is 18.2 Å². The fourth-order valence-corrected chi connectivity index (χ4v) is 2.88. The lowest BCUT2D eigenvalue weighted by atomic mass is 10.1. The Kier molecular flexibility index (Phi) is 6.54. The molecule has 3 N–H and O–H groups in total. The molecule has 1 aromatic heterocycles. The maximum absolute atomic E-state index is 12.8.